The molecule has 0 saturated carbocycles. The molecule has 1 N–H and O–H groups in total. The lowest BCUT2D eigenvalue weighted by molar-refractivity contribution is -0.113. The van der Waals surface area contributed by atoms with Crippen molar-refractivity contribution in [2.24, 2.45) is 0 Å². The molecule has 0 amide bonds. The van der Waals surface area contributed by atoms with Crippen molar-refractivity contribution in [3.8, 4) is 0 Å². The number of hydrogen-bond acceptors (Lipinski definition) is 3. The van der Waals surface area contributed by atoms with Gasteiger partial charge in [-0.3, -0.25) is 0 Å². The molecule has 0 spiro atoms. The lowest BCUT2D eigenvalue weighted by Crippen LogP contribution is -2.44. The fraction of sp³-hybridized carbons (Fsp3) is 0.929. The molecule has 2 atom stereocenters. The number of carbonyl (C=O) groups excluding carboxylic acids is 1. The minimum Gasteiger partial charge on any atom is -0.413 e. The van der Waals surface area contributed by atoms with E-state index in [4.69, 9.17) is 4.43 Å². The summed E-state index contributed by atoms with van der Waals surface area (Å²) >= 11 is 0. The number of carbonyl (C=O) groups is 1. The summed E-state index contributed by atoms with van der Waals surface area (Å²) in [6.45, 7) is 14.2. The molecule has 0 radical (unpaired) electrons. The maximum Gasteiger partial charge on any atom is 0.192 e. The highest BCUT2D eigenvalue weighted by Crippen LogP contribution is 2.39. The first kappa shape index (κ1) is 15.9. The van der Waals surface area contributed by atoms with Gasteiger partial charge in [-0.25, -0.2) is 0 Å². The number of nitrogens with one attached hydrogen (secondary N) is 1. The SMILES string of the molecule is CCC[C@]1(C=O)C[C@@H](O[Si](C)(C)C(C)(C)C)CN1. The monoisotopic (exact) mass is 271 g/mol. The molecular weight excluding hydrogens is 242 g/mol. The Labute approximate surface area is 113 Å². The molecule has 18 heavy (non-hydrogen) atoms. The van der Waals surface area contributed by atoms with Gasteiger partial charge in [0, 0.05) is 6.54 Å². The van der Waals surface area contributed by atoms with Crippen LogP contribution in [0.3, 0.4) is 0 Å². The molecule has 0 unspecified atom stereocenters. The normalized spacial score (nSPS) is 29.6. The third-order valence-corrected chi connectivity index (χ3v) is 9.00. The van der Waals surface area contributed by atoms with Gasteiger partial charge in [-0.05, 0) is 31.0 Å². The second kappa shape index (κ2) is 5.43. The maximum atomic E-state index is 11.3. The second-order valence-corrected chi connectivity index (χ2v) is 11.9. The molecule has 4 heteroatoms. The zero-order chi connectivity index (χ0) is 14.0. The largest absolute Gasteiger partial charge is 0.413 e. The van der Waals surface area contributed by atoms with Crippen LogP contribution in [0, 0.1) is 0 Å². The third kappa shape index (κ3) is 3.43. The van der Waals surface area contributed by atoms with Crippen LogP contribution in [-0.2, 0) is 9.22 Å². The van der Waals surface area contributed by atoms with E-state index in [1.165, 1.54) is 0 Å². The molecule has 0 aromatic heterocycles. The first-order valence-corrected chi connectivity index (χ1v) is 9.96. The summed E-state index contributed by atoms with van der Waals surface area (Å²) in [4.78, 5) is 11.3. The van der Waals surface area contributed by atoms with Crippen LogP contribution >= 0.6 is 0 Å². The van der Waals surface area contributed by atoms with Crippen molar-refractivity contribution in [2.75, 3.05) is 6.54 Å². The lowest BCUT2D eigenvalue weighted by Gasteiger charge is -2.38. The smallest absolute Gasteiger partial charge is 0.192 e. The molecule has 106 valence electrons. The topological polar surface area (TPSA) is 38.3 Å². The van der Waals surface area contributed by atoms with Crippen LogP contribution in [0.5, 0.6) is 0 Å². The molecule has 1 aliphatic rings. The summed E-state index contributed by atoms with van der Waals surface area (Å²) in [7, 11) is -1.72. The average molecular weight is 271 g/mol. The Morgan fingerprint density at radius 3 is 2.50 bits per heavy atom. The first-order valence-electron chi connectivity index (χ1n) is 7.05. The molecular formula is C14H29NO2Si. The van der Waals surface area contributed by atoms with E-state index in [9.17, 15) is 4.79 Å². The molecule has 3 nitrogen and oxygen atoms in total. The highest BCUT2D eigenvalue weighted by molar-refractivity contribution is 6.74. The summed E-state index contributed by atoms with van der Waals surface area (Å²) in [6.07, 6.45) is 4.05. The van der Waals surface area contributed by atoms with Gasteiger partial charge in [0.05, 0.1) is 11.6 Å². The van der Waals surface area contributed by atoms with Crippen LogP contribution < -0.4 is 5.32 Å². The summed E-state index contributed by atoms with van der Waals surface area (Å²) in [6, 6.07) is 0. The summed E-state index contributed by atoms with van der Waals surface area (Å²) < 4.78 is 6.38. The van der Waals surface area contributed by atoms with Crippen molar-refractivity contribution < 1.29 is 9.22 Å². The van der Waals surface area contributed by atoms with Crippen molar-refractivity contribution in [1.29, 1.82) is 0 Å². The van der Waals surface area contributed by atoms with Gasteiger partial charge in [-0.1, -0.05) is 34.1 Å². The maximum absolute atomic E-state index is 11.3. The average Bonchev–Trinajstić information content (AvgIpc) is 2.60. The Morgan fingerprint density at radius 2 is 2.06 bits per heavy atom. The van der Waals surface area contributed by atoms with E-state index in [2.05, 4.69) is 46.1 Å². The van der Waals surface area contributed by atoms with Gasteiger partial charge in [0.1, 0.15) is 6.29 Å². The van der Waals surface area contributed by atoms with E-state index >= 15 is 0 Å². The van der Waals surface area contributed by atoms with Gasteiger partial charge in [0.2, 0.25) is 0 Å². The highest BCUT2D eigenvalue weighted by atomic mass is 28.4. The van der Waals surface area contributed by atoms with Gasteiger partial charge < -0.3 is 14.5 Å². The number of hydrogen-bond donors (Lipinski definition) is 1. The third-order valence-electron chi connectivity index (χ3n) is 4.46. The van der Waals surface area contributed by atoms with Gasteiger partial charge in [-0.15, -0.1) is 0 Å². The molecule has 0 aromatic rings. The fourth-order valence-corrected chi connectivity index (χ4v) is 3.68. The molecule has 1 heterocycles. The predicted octanol–water partition coefficient (Wildman–Crippen LogP) is 3.11. The van der Waals surface area contributed by atoms with Crippen LogP contribution in [0.2, 0.25) is 18.1 Å². The van der Waals surface area contributed by atoms with E-state index < -0.39 is 8.32 Å². The standard InChI is InChI=1S/C14H29NO2Si/c1-7-8-14(11-16)9-12(10-15-14)17-18(5,6)13(2,3)4/h11-12,15H,7-10H2,1-6H3/t12-,14-/m1/s1. The van der Waals surface area contributed by atoms with Crippen LogP contribution in [0.25, 0.3) is 0 Å². The zero-order valence-corrected chi connectivity index (χ0v) is 13.8. The Kier molecular flexibility index (Phi) is 4.79. The Hall–Kier alpha value is -0.193. The van der Waals surface area contributed by atoms with Crippen molar-refractivity contribution in [1.82, 2.24) is 5.32 Å². The zero-order valence-electron chi connectivity index (χ0n) is 12.8. The molecule has 1 saturated heterocycles. The molecule has 0 bridgehead atoms. The van der Waals surface area contributed by atoms with Gasteiger partial charge in [0.25, 0.3) is 0 Å². The van der Waals surface area contributed by atoms with Crippen LogP contribution in [0.1, 0.15) is 47.0 Å². The van der Waals surface area contributed by atoms with Crippen LogP contribution in [0.4, 0.5) is 0 Å². The molecule has 1 aliphatic heterocycles. The Bertz CT molecular complexity index is 299. The van der Waals surface area contributed by atoms with Gasteiger partial charge in [-0.2, -0.15) is 0 Å². The Morgan fingerprint density at radius 1 is 1.44 bits per heavy atom. The Balaban J connectivity index is 2.65. The van der Waals surface area contributed by atoms with Gasteiger partial charge in [0.15, 0.2) is 8.32 Å². The number of rotatable bonds is 5. The van der Waals surface area contributed by atoms with E-state index in [1.54, 1.807) is 0 Å². The fourth-order valence-electron chi connectivity index (χ4n) is 2.33. The van der Waals surface area contributed by atoms with Crippen LogP contribution in [-0.4, -0.2) is 32.8 Å². The summed E-state index contributed by atoms with van der Waals surface area (Å²) in [5.41, 5.74) is -0.332. The van der Waals surface area contributed by atoms with Gasteiger partial charge >= 0.3 is 0 Å². The van der Waals surface area contributed by atoms with E-state index in [-0.39, 0.29) is 16.7 Å². The van der Waals surface area contributed by atoms with Crippen molar-refractivity contribution in [3.05, 3.63) is 0 Å². The van der Waals surface area contributed by atoms with Crippen molar-refractivity contribution in [3.63, 3.8) is 0 Å². The van der Waals surface area contributed by atoms with Crippen molar-refractivity contribution in [2.45, 2.75) is 76.7 Å². The summed E-state index contributed by atoms with van der Waals surface area (Å²) in [5, 5.41) is 3.60. The first-order chi connectivity index (χ1) is 8.16. The van der Waals surface area contributed by atoms with E-state index in [1.807, 2.05) is 0 Å². The second-order valence-electron chi connectivity index (χ2n) is 7.11. The van der Waals surface area contributed by atoms with E-state index in [0.717, 1.165) is 32.1 Å². The van der Waals surface area contributed by atoms with Crippen LogP contribution in [0.15, 0.2) is 0 Å². The molecule has 1 rings (SSSR count). The minimum atomic E-state index is -1.72. The minimum absolute atomic E-state index is 0.197. The molecule has 0 aromatic carbocycles. The van der Waals surface area contributed by atoms with Crippen molar-refractivity contribution >= 4 is 14.6 Å². The lowest BCUT2D eigenvalue weighted by atomic mass is 9.93. The summed E-state index contributed by atoms with van der Waals surface area (Å²) in [5.74, 6) is 0. The molecule has 0 aliphatic carbocycles. The van der Waals surface area contributed by atoms with E-state index in [0.29, 0.717) is 0 Å². The predicted molar refractivity (Wildman–Crippen MR) is 78.4 cm³/mol. The quantitative estimate of drug-likeness (QED) is 0.617. The molecule has 1 fully saturated rings. The highest BCUT2D eigenvalue weighted by Gasteiger charge is 2.44. The number of aldehydes is 1.